The number of primary amides is 1. The number of pyridine rings is 1. The second-order valence-electron chi connectivity index (χ2n) is 5.82. The molecule has 138 valence electrons. The number of hydrogen-bond donors (Lipinski definition) is 3. The van der Waals surface area contributed by atoms with Gasteiger partial charge in [-0.05, 0) is 60.7 Å². The second-order valence-corrected chi connectivity index (χ2v) is 5.82. The molecule has 0 aliphatic heterocycles. The van der Waals surface area contributed by atoms with Gasteiger partial charge in [0.2, 0.25) is 5.91 Å². The maximum atomic E-state index is 12.9. The molecule has 2 unspecified atom stereocenters. The smallest absolute Gasteiger partial charge is 0.249 e. The summed E-state index contributed by atoms with van der Waals surface area (Å²) < 4.78 is 18.6. The zero-order valence-electron chi connectivity index (χ0n) is 14.1. The third-order valence-corrected chi connectivity index (χ3v) is 3.86. The zero-order chi connectivity index (χ0) is 19.4. The van der Waals surface area contributed by atoms with Crippen LogP contribution in [0.3, 0.4) is 0 Å². The van der Waals surface area contributed by atoms with Gasteiger partial charge in [0, 0.05) is 5.56 Å². The van der Waals surface area contributed by atoms with Crippen LogP contribution in [0, 0.1) is 5.82 Å². The average molecular weight is 368 g/mol. The minimum Gasteiger partial charge on any atom is -0.457 e. The highest BCUT2D eigenvalue weighted by Gasteiger charge is 2.24. The van der Waals surface area contributed by atoms with Crippen LogP contribution in [-0.4, -0.2) is 27.2 Å². The Morgan fingerprint density at radius 3 is 2.15 bits per heavy atom. The maximum Gasteiger partial charge on any atom is 0.249 e. The zero-order valence-corrected chi connectivity index (χ0v) is 14.1. The number of halogens is 1. The number of aromatic nitrogens is 1. The summed E-state index contributed by atoms with van der Waals surface area (Å²) in [6.07, 6.45) is -3.25. The van der Waals surface area contributed by atoms with Gasteiger partial charge in [-0.1, -0.05) is 6.07 Å². The maximum absolute atomic E-state index is 12.9. The van der Waals surface area contributed by atoms with Crippen molar-refractivity contribution < 1.29 is 24.1 Å². The summed E-state index contributed by atoms with van der Waals surface area (Å²) in [5, 5.41) is 19.6. The number of aliphatic hydroxyl groups is 2. The Balaban J connectivity index is 1.78. The number of ether oxygens (including phenoxy) is 1. The van der Waals surface area contributed by atoms with Gasteiger partial charge >= 0.3 is 0 Å². The molecule has 6 nitrogen and oxygen atoms in total. The SMILES string of the molecule is NC(=O)C(O)C(O)c1cccc(-c2ccc(Oc3ccc(F)cc3)cc2)n1. The molecule has 0 fully saturated rings. The summed E-state index contributed by atoms with van der Waals surface area (Å²) in [5.74, 6) is -0.303. The quantitative estimate of drug-likeness (QED) is 0.620. The normalized spacial score (nSPS) is 13.0. The van der Waals surface area contributed by atoms with Gasteiger partial charge in [-0.25, -0.2) is 9.37 Å². The molecule has 0 aliphatic rings. The van der Waals surface area contributed by atoms with Gasteiger partial charge in [-0.15, -0.1) is 0 Å². The lowest BCUT2D eigenvalue weighted by molar-refractivity contribution is -0.132. The van der Waals surface area contributed by atoms with E-state index in [9.17, 15) is 19.4 Å². The summed E-state index contributed by atoms with van der Waals surface area (Å²) in [4.78, 5) is 15.3. The lowest BCUT2D eigenvalue weighted by atomic mass is 10.1. The van der Waals surface area contributed by atoms with Crippen molar-refractivity contribution in [2.24, 2.45) is 5.73 Å². The first kappa shape index (κ1) is 18.5. The van der Waals surface area contributed by atoms with Crippen molar-refractivity contribution in [1.29, 1.82) is 0 Å². The van der Waals surface area contributed by atoms with E-state index in [1.165, 1.54) is 30.3 Å². The molecule has 27 heavy (non-hydrogen) atoms. The number of nitrogens with two attached hydrogens (primary N) is 1. The predicted molar refractivity (Wildman–Crippen MR) is 96.3 cm³/mol. The van der Waals surface area contributed by atoms with Gasteiger partial charge in [-0.3, -0.25) is 4.79 Å². The van der Waals surface area contributed by atoms with E-state index in [1.807, 2.05) is 0 Å². The summed E-state index contributed by atoms with van der Waals surface area (Å²) in [7, 11) is 0. The van der Waals surface area contributed by atoms with Crippen LogP contribution in [0.1, 0.15) is 11.8 Å². The van der Waals surface area contributed by atoms with Crippen molar-refractivity contribution >= 4 is 5.91 Å². The molecule has 3 rings (SSSR count). The van der Waals surface area contributed by atoms with Crippen LogP contribution in [-0.2, 0) is 4.79 Å². The topological polar surface area (TPSA) is 106 Å². The number of rotatable bonds is 6. The monoisotopic (exact) mass is 368 g/mol. The molecule has 0 saturated heterocycles. The predicted octanol–water partition coefficient (Wildman–Crippen LogP) is 2.56. The minimum atomic E-state index is -1.74. The molecule has 2 atom stereocenters. The van der Waals surface area contributed by atoms with Crippen LogP contribution in [0.4, 0.5) is 4.39 Å². The van der Waals surface area contributed by atoms with Crippen LogP contribution < -0.4 is 10.5 Å². The van der Waals surface area contributed by atoms with Crippen LogP contribution in [0.15, 0.2) is 66.7 Å². The minimum absolute atomic E-state index is 0.130. The molecule has 0 radical (unpaired) electrons. The molecule has 4 N–H and O–H groups in total. The molecule has 3 aromatic rings. The van der Waals surface area contributed by atoms with Crippen molar-refractivity contribution in [3.8, 4) is 22.8 Å². The highest BCUT2D eigenvalue weighted by atomic mass is 19.1. The molecule has 2 aromatic carbocycles. The first-order valence-electron chi connectivity index (χ1n) is 8.10. The van der Waals surface area contributed by atoms with Crippen LogP contribution >= 0.6 is 0 Å². The van der Waals surface area contributed by atoms with Gasteiger partial charge in [0.25, 0.3) is 0 Å². The van der Waals surface area contributed by atoms with Gasteiger partial charge in [0.1, 0.15) is 23.4 Å². The molecule has 0 bridgehead atoms. The third-order valence-electron chi connectivity index (χ3n) is 3.86. The molecule has 1 heterocycles. The van der Waals surface area contributed by atoms with E-state index in [0.717, 1.165) is 5.56 Å². The standard InChI is InChI=1S/C20H17FN2O4/c21-13-6-10-15(11-7-13)27-14-8-4-12(5-9-14)16-2-1-3-17(23-16)18(24)19(25)20(22)26/h1-11,18-19,24-25H,(H2,22,26). The Labute approximate surface area is 154 Å². The van der Waals surface area contributed by atoms with E-state index < -0.39 is 18.1 Å². The van der Waals surface area contributed by atoms with Crippen molar-refractivity contribution in [2.75, 3.05) is 0 Å². The molecule has 0 spiro atoms. The van der Waals surface area contributed by atoms with Crippen molar-refractivity contribution in [1.82, 2.24) is 4.98 Å². The average Bonchev–Trinajstić information content (AvgIpc) is 2.69. The lowest BCUT2D eigenvalue weighted by Gasteiger charge is -2.15. The second kappa shape index (κ2) is 7.94. The van der Waals surface area contributed by atoms with Crippen LogP contribution in [0.2, 0.25) is 0 Å². The fourth-order valence-corrected chi connectivity index (χ4v) is 2.43. The number of aliphatic hydroxyl groups excluding tert-OH is 2. The fraction of sp³-hybridized carbons (Fsp3) is 0.100. The summed E-state index contributed by atoms with van der Waals surface area (Å²) in [6, 6.07) is 17.5. The Hall–Kier alpha value is -3.29. The first-order chi connectivity index (χ1) is 12.9. The van der Waals surface area contributed by atoms with Crippen molar-refractivity contribution in [2.45, 2.75) is 12.2 Å². The molecule has 7 heteroatoms. The number of nitrogens with zero attached hydrogens (tertiary/aromatic N) is 1. The number of benzene rings is 2. The van der Waals surface area contributed by atoms with Crippen LogP contribution in [0.5, 0.6) is 11.5 Å². The van der Waals surface area contributed by atoms with E-state index >= 15 is 0 Å². The lowest BCUT2D eigenvalue weighted by Crippen LogP contribution is -2.34. The van der Waals surface area contributed by atoms with Crippen LogP contribution in [0.25, 0.3) is 11.3 Å². The largest absolute Gasteiger partial charge is 0.457 e. The Bertz CT molecular complexity index is 929. The van der Waals surface area contributed by atoms with Gasteiger partial charge in [0.05, 0.1) is 11.4 Å². The Morgan fingerprint density at radius 1 is 0.963 bits per heavy atom. The number of hydrogen-bond acceptors (Lipinski definition) is 5. The van der Waals surface area contributed by atoms with Crippen molar-refractivity contribution in [3.63, 3.8) is 0 Å². The molecule has 0 saturated carbocycles. The van der Waals surface area contributed by atoms with E-state index in [0.29, 0.717) is 17.2 Å². The number of carbonyl (C=O) groups is 1. The molecule has 1 aromatic heterocycles. The summed E-state index contributed by atoms with van der Waals surface area (Å²) >= 11 is 0. The molecular weight excluding hydrogens is 351 g/mol. The van der Waals surface area contributed by atoms with Crippen molar-refractivity contribution in [3.05, 3.63) is 78.2 Å². The number of carbonyl (C=O) groups excluding carboxylic acids is 1. The van der Waals surface area contributed by atoms with E-state index in [-0.39, 0.29) is 11.5 Å². The molecule has 1 amide bonds. The van der Waals surface area contributed by atoms with E-state index in [2.05, 4.69) is 4.98 Å². The fourth-order valence-electron chi connectivity index (χ4n) is 2.43. The highest BCUT2D eigenvalue weighted by Crippen LogP contribution is 2.26. The molecular formula is C20H17FN2O4. The van der Waals surface area contributed by atoms with E-state index in [4.69, 9.17) is 10.5 Å². The van der Waals surface area contributed by atoms with Gasteiger partial charge < -0.3 is 20.7 Å². The molecule has 0 aliphatic carbocycles. The van der Waals surface area contributed by atoms with Gasteiger partial charge in [0.15, 0.2) is 6.10 Å². The van der Waals surface area contributed by atoms with E-state index in [1.54, 1.807) is 36.4 Å². The summed E-state index contributed by atoms with van der Waals surface area (Å²) in [5.41, 5.74) is 6.41. The highest BCUT2D eigenvalue weighted by molar-refractivity contribution is 5.79. The Morgan fingerprint density at radius 2 is 1.56 bits per heavy atom. The summed E-state index contributed by atoms with van der Waals surface area (Å²) in [6.45, 7) is 0. The third kappa shape index (κ3) is 4.46. The number of amides is 1. The first-order valence-corrected chi connectivity index (χ1v) is 8.10. The Kier molecular flexibility index (Phi) is 5.44. The van der Waals surface area contributed by atoms with Gasteiger partial charge in [-0.2, -0.15) is 0 Å².